The highest BCUT2D eigenvalue weighted by Gasteiger charge is 2.29. The lowest BCUT2D eigenvalue weighted by Crippen LogP contribution is -2.43. The Bertz CT molecular complexity index is 475. The van der Waals surface area contributed by atoms with Gasteiger partial charge >= 0.3 is 0 Å². The van der Waals surface area contributed by atoms with Gasteiger partial charge in [0.05, 0.1) is 24.1 Å². The van der Waals surface area contributed by atoms with E-state index in [2.05, 4.69) is 31.0 Å². The molecule has 19 heavy (non-hydrogen) atoms. The second kappa shape index (κ2) is 4.96. The van der Waals surface area contributed by atoms with Gasteiger partial charge in [0.2, 0.25) is 0 Å². The number of aryl methyl sites for hydroxylation is 1. The zero-order valence-corrected chi connectivity index (χ0v) is 11.9. The fourth-order valence-electron chi connectivity index (χ4n) is 2.69. The van der Waals surface area contributed by atoms with E-state index in [1.165, 1.54) is 0 Å². The van der Waals surface area contributed by atoms with Crippen LogP contribution in [0.5, 0.6) is 0 Å². The number of nitrogens with zero attached hydrogens (tertiary/aromatic N) is 3. The first-order valence-electron chi connectivity index (χ1n) is 7.20. The van der Waals surface area contributed by atoms with Gasteiger partial charge in [0, 0.05) is 25.6 Å². The minimum absolute atomic E-state index is 0.259. The summed E-state index contributed by atoms with van der Waals surface area (Å²) in [6, 6.07) is 0. The minimum atomic E-state index is 0.259. The molecule has 0 amide bonds. The molecule has 1 atom stereocenters. The van der Waals surface area contributed by atoms with Gasteiger partial charge in [-0.15, -0.1) is 0 Å². The summed E-state index contributed by atoms with van der Waals surface area (Å²) in [6.07, 6.45) is 1.19. The van der Waals surface area contributed by atoms with Crippen LogP contribution in [0.25, 0.3) is 0 Å². The average Bonchev–Trinajstić information content (AvgIpc) is 2.55. The lowest BCUT2D eigenvalue weighted by atomic mass is 10.1. The number of aromatic nitrogens is 2. The molecule has 104 valence electrons. The van der Waals surface area contributed by atoms with Gasteiger partial charge in [0.15, 0.2) is 5.82 Å². The predicted octanol–water partition coefficient (Wildman–Crippen LogP) is 1.79. The highest BCUT2D eigenvalue weighted by molar-refractivity contribution is 5.69. The lowest BCUT2D eigenvalue weighted by molar-refractivity contribution is 0.0504. The molecule has 1 unspecified atom stereocenters. The number of hydrogen-bond donors (Lipinski definition) is 1. The van der Waals surface area contributed by atoms with Gasteiger partial charge in [-0.3, -0.25) is 0 Å². The molecule has 2 aliphatic rings. The Morgan fingerprint density at radius 2 is 2.26 bits per heavy atom. The molecule has 1 aromatic heterocycles. The van der Waals surface area contributed by atoms with E-state index < -0.39 is 0 Å². The van der Waals surface area contributed by atoms with Crippen LogP contribution in [0.4, 0.5) is 11.5 Å². The molecular formula is C14H22N4O. The maximum atomic E-state index is 5.76. The van der Waals surface area contributed by atoms with E-state index in [9.17, 15) is 0 Å². The maximum absolute atomic E-state index is 5.76. The summed E-state index contributed by atoms with van der Waals surface area (Å²) in [5.74, 6) is 2.37. The Balaban J connectivity index is 2.09. The maximum Gasteiger partial charge on any atom is 0.156 e. The van der Waals surface area contributed by atoms with Crippen LogP contribution in [0.15, 0.2) is 0 Å². The van der Waals surface area contributed by atoms with E-state index in [1.807, 2.05) is 0 Å². The van der Waals surface area contributed by atoms with Crippen molar-refractivity contribution in [2.75, 3.05) is 36.5 Å². The highest BCUT2D eigenvalue weighted by Crippen LogP contribution is 2.32. The van der Waals surface area contributed by atoms with Gasteiger partial charge in [0.25, 0.3) is 0 Å². The number of morpholine rings is 1. The van der Waals surface area contributed by atoms with E-state index in [-0.39, 0.29) is 6.10 Å². The molecule has 0 aliphatic carbocycles. The van der Waals surface area contributed by atoms with Crippen LogP contribution in [0.1, 0.15) is 38.2 Å². The molecule has 1 aromatic rings. The summed E-state index contributed by atoms with van der Waals surface area (Å²) in [5, 5.41) is 3.49. The van der Waals surface area contributed by atoms with Crippen LogP contribution in [-0.4, -0.2) is 42.3 Å². The molecule has 5 nitrogen and oxygen atoms in total. The first kappa shape index (κ1) is 12.7. The quantitative estimate of drug-likeness (QED) is 0.880. The predicted molar refractivity (Wildman–Crippen MR) is 75.9 cm³/mol. The van der Waals surface area contributed by atoms with E-state index in [0.717, 1.165) is 55.7 Å². The Morgan fingerprint density at radius 3 is 3.00 bits per heavy atom. The van der Waals surface area contributed by atoms with E-state index in [0.29, 0.717) is 5.92 Å². The molecular weight excluding hydrogens is 240 g/mol. The molecule has 1 saturated heterocycles. The fourth-order valence-corrected chi connectivity index (χ4v) is 2.69. The third-order valence-corrected chi connectivity index (χ3v) is 3.78. The van der Waals surface area contributed by atoms with Gasteiger partial charge in [-0.25, -0.2) is 9.97 Å². The van der Waals surface area contributed by atoms with Gasteiger partial charge < -0.3 is 15.0 Å². The van der Waals surface area contributed by atoms with E-state index in [4.69, 9.17) is 14.7 Å². The van der Waals surface area contributed by atoms with Crippen LogP contribution in [-0.2, 0) is 11.2 Å². The molecule has 2 aliphatic heterocycles. The number of fused-ring (bicyclic) bond motifs is 4. The topological polar surface area (TPSA) is 50.3 Å². The molecule has 0 radical (unpaired) electrons. The molecule has 5 heteroatoms. The van der Waals surface area contributed by atoms with Crippen LogP contribution >= 0.6 is 0 Å². The number of rotatable bonds is 2. The van der Waals surface area contributed by atoms with Crippen LogP contribution in [0, 0.1) is 0 Å². The van der Waals surface area contributed by atoms with Gasteiger partial charge in [-0.2, -0.15) is 0 Å². The molecule has 2 bridgehead atoms. The first-order valence-corrected chi connectivity index (χ1v) is 7.20. The van der Waals surface area contributed by atoms with Crippen molar-refractivity contribution in [1.29, 1.82) is 0 Å². The van der Waals surface area contributed by atoms with Crippen molar-refractivity contribution in [2.24, 2.45) is 0 Å². The zero-order chi connectivity index (χ0) is 13.4. The molecule has 0 spiro atoms. The summed E-state index contributed by atoms with van der Waals surface area (Å²) in [6.45, 7) is 9.92. The molecule has 1 fully saturated rings. The summed E-state index contributed by atoms with van der Waals surface area (Å²) in [7, 11) is 0. The second-order valence-corrected chi connectivity index (χ2v) is 5.56. The summed E-state index contributed by atoms with van der Waals surface area (Å²) < 4.78 is 5.76. The van der Waals surface area contributed by atoms with Crippen LogP contribution < -0.4 is 10.2 Å². The Hall–Kier alpha value is -1.36. The van der Waals surface area contributed by atoms with Gasteiger partial charge in [0.1, 0.15) is 5.82 Å². The average molecular weight is 262 g/mol. The number of anilines is 2. The van der Waals surface area contributed by atoms with Crippen molar-refractivity contribution in [3.8, 4) is 0 Å². The monoisotopic (exact) mass is 262 g/mol. The summed E-state index contributed by atoms with van der Waals surface area (Å²) in [5.41, 5.74) is 2.24. The number of ether oxygens (including phenoxy) is 1. The zero-order valence-electron chi connectivity index (χ0n) is 11.9. The Kier molecular flexibility index (Phi) is 3.31. The normalized spacial score (nSPS) is 21.9. The van der Waals surface area contributed by atoms with Crippen molar-refractivity contribution in [3.63, 3.8) is 0 Å². The van der Waals surface area contributed by atoms with Crippen LogP contribution in [0.2, 0.25) is 0 Å². The van der Waals surface area contributed by atoms with Gasteiger partial charge in [-0.05, 0) is 6.42 Å². The minimum Gasteiger partial charge on any atom is -0.378 e. The molecule has 0 saturated carbocycles. The third-order valence-electron chi connectivity index (χ3n) is 3.78. The Morgan fingerprint density at radius 1 is 1.42 bits per heavy atom. The Labute approximate surface area is 114 Å². The molecule has 3 heterocycles. The highest BCUT2D eigenvalue weighted by atomic mass is 16.5. The van der Waals surface area contributed by atoms with Crippen molar-refractivity contribution in [1.82, 2.24) is 9.97 Å². The number of nitrogens with one attached hydrogen (secondary N) is 1. The molecule has 3 rings (SSSR count). The van der Waals surface area contributed by atoms with E-state index >= 15 is 0 Å². The second-order valence-electron chi connectivity index (χ2n) is 5.56. The summed E-state index contributed by atoms with van der Waals surface area (Å²) in [4.78, 5) is 11.9. The smallest absolute Gasteiger partial charge is 0.156 e. The molecule has 0 aromatic carbocycles. The summed E-state index contributed by atoms with van der Waals surface area (Å²) >= 11 is 0. The third kappa shape index (κ3) is 2.27. The van der Waals surface area contributed by atoms with Crippen molar-refractivity contribution in [3.05, 3.63) is 11.5 Å². The fraction of sp³-hybridized carbons (Fsp3) is 0.714. The first-order chi connectivity index (χ1) is 9.19. The lowest BCUT2D eigenvalue weighted by Gasteiger charge is -2.31. The largest absolute Gasteiger partial charge is 0.378 e. The molecule has 1 N–H and O–H groups in total. The standard InChI is InChI=1S/C14H22N4O/c1-4-11-12-14(17-13(16-11)9(2)3)18-5-6-19-10(8-18)7-15-12/h9-10,15H,4-8H2,1-3H3. The van der Waals surface area contributed by atoms with Gasteiger partial charge in [-0.1, -0.05) is 20.8 Å². The van der Waals surface area contributed by atoms with E-state index in [1.54, 1.807) is 0 Å². The number of hydrogen-bond acceptors (Lipinski definition) is 5. The van der Waals surface area contributed by atoms with Crippen molar-refractivity contribution < 1.29 is 4.74 Å². The van der Waals surface area contributed by atoms with Crippen LogP contribution in [0.3, 0.4) is 0 Å². The van der Waals surface area contributed by atoms with Crippen molar-refractivity contribution in [2.45, 2.75) is 39.2 Å². The van der Waals surface area contributed by atoms with Crippen molar-refractivity contribution >= 4 is 11.5 Å². The SMILES string of the molecule is CCc1nc(C(C)C)nc2c1NCC1CN2CCO1.